The van der Waals surface area contributed by atoms with Gasteiger partial charge in [-0.2, -0.15) is 0 Å². The Morgan fingerprint density at radius 3 is 2.16 bits per heavy atom. The zero-order chi connectivity index (χ0) is 13.5. The molecule has 0 saturated carbocycles. The van der Waals surface area contributed by atoms with Gasteiger partial charge in [0.25, 0.3) is 0 Å². The third-order valence-electron chi connectivity index (χ3n) is 2.56. The molecule has 0 N–H and O–H groups in total. The Morgan fingerprint density at radius 1 is 0.895 bits per heavy atom. The Hall–Kier alpha value is -1.38. The van der Waals surface area contributed by atoms with E-state index in [1.54, 1.807) is 0 Å². The molecule has 0 heterocycles. The third kappa shape index (κ3) is 4.66. The quantitative estimate of drug-likeness (QED) is 0.574. The van der Waals surface area contributed by atoms with Gasteiger partial charge in [0.15, 0.2) is 0 Å². The predicted molar refractivity (Wildman–Crippen MR) is 73.9 cm³/mol. The maximum absolute atomic E-state index is 12.0. The van der Waals surface area contributed by atoms with E-state index >= 15 is 0 Å². The van der Waals surface area contributed by atoms with Crippen molar-refractivity contribution in [2.24, 2.45) is 0 Å². The van der Waals surface area contributed by atoms with Gasteiger partial charge in [0.05, 0.1) is 0 Å². The Kier molecular flexibility index (Phi) is 5.37. The van der Waals surface area contributed by atoms with E-state index in [4.69, 9.17) is 4.74 Å². The van der Waals surface area contributed by atoms with Gasteiger partial charge in [-0.05, 0) is 0 Å². The normalized spacial score (nSPS) is 10.7. The molecule has 2 aromatic carbocycles. The van der Waals surface area contributed by atoms with E-state index in [0.29, 0.717) is 11.9 Å². The SMILES string of the molecule is FC(F)[Se]CCOc1ccc(-c2ccccc2)cc1. The van der Waals surface area contributed by atoms with Gasteiger partial charge in [-0.15, -0.1) is 0 Å². The fourth-order valence-electron chi connectivity index (χ4n) is 1.67. The van der Waals surface area contributed by atoms with E-state index < -0.39 is 20.3 Å². The molecule has 0 unspecified atom stereocenters. The Balaban J connectivity index is 1.88. The summed E-state index contributed by atoms with van der Waals surface area (Å²) in [5, 5.41) is -1.75. The zero-order valence-corrected chi connectivity index (χ0v) is 12.0. The molecule has 0 spiro atoms. The second-order valence-electron chi connectivity index (χ2n) is 3.87. The molecule has 0 aliphatic heterocycles. The number of halogens is 2. The van der Waals surface area contributed by atoms with E-state index in [0.717, 1.165) is 16.9 Å². The molecule has 0 radical (unpaired) electrons. The molecule has 2 rings (SSSR count). The van der Waals surface area contributed by atoms with Crippen molar-refractivity contribution < 1.29 is 13.5 Å². The van der Waals surface area contributed by atoms with E-state index in [9.17, 15) is 8.78 Å². The van der Waals surface area contributed by atoms with Gasteiger partial charge in [0.1, 0.15) is 0 Å². The second-order valence-corrected chi connectivity index (χ2v) is 6.17. The van der Waals surface area contributed by atoms with Crippen molar-refractivity contribution in [2.45, 2.75) is 10.6 Å². The molecule has 0 atom stereocenters. The molecular formula is C15H14F2OSe. The predicted octanol–water partition coefficient (Wildman–Crippen LogP) is 4.08. The number of hydrogen-bond donors (Lipinski definition) is 0. The molecule has 0 aliphatic carbocycles. The van der Waals surface area contributed by atoms with Crippen LogP contribution in [0.25, 0.3) is 11.1 Å². The van der Waals surface area contributed by atoms with Crippen LogP contribution in [0.2, 0.25) is 5.32 Å². The van der Waals surface area contributed by atoms with Crippen LogP contribution in [0.5, 0.6) is 5.75 Å². The van der Waals surface area contributed by atoms with Crippen LogP contribution in [-0.2, 0) is 0 Å². The molecule has 0 amide bonds. The summed E-state index contributed by atoms with van der Waals surface area (Å²) in [4.78, 5) is 0. The van der Waals surface area contributed by atoms with Gasteiger partial charge in [0.2, 0.25) is 0 Å². The Morgan fingerprint density at radius 2 is 1.53 bits per heavy atom. The summed E-state index contributed by atoms with van der Waals surface area (Å²) in [6.45, 7) is 0.356. The van der Waals surface area contributed by atoms with Crippen LogP contribution in [0, 0.1) is 0 Å². The first-order valence-electron chi connectivity index (χ1n) is 5.94. The topological polar surface area (TPSA) is 9.23 Å². The summed E-state index contributed by atoms with van der Waals surface area (Å²) < 4.78 is 29.4. The van der Waals surface area contributed by atoms with E-state index in [2.05, 4.69) is 0 Å². The van der Waals surface area contributed by atoms with Crippen molar-refractivity contribution in [3.63, 3.8) is 0 Å². The van der Waals surface area contributed by atoms with Crippen LogP contribution in [0.3, 0.4) is 0 Å². The molecule has 2 aromatic rings. The van der Waals surface area contributed by atoms with Gasteiger partial charge in [-0.25, -0.2) is 0 Å². The third-order valence-corrected chi connectivity index (χ3v) is 3.93. The minimum atomic E-state index is -2.18. The first-order chi connectivity index (χ1) is 9.25. The summed E-state index contributed by atoms with van der Waals surface area (Å²) in [5.74, 6) is 0.727. The molecule has 0 aromatic heterocycles. The van der Waals surface area contributed by atoms with Crippen molar-refractivity contribution in [3.05, 3.63) is 54.6 Å². The van der Waals surface area contributed by atoms with Crippen molar-refractivity contribution in [1.82, 2.24) is 0 Å². The molecule has 0 bridgehead atoms. The van der Waals surface area contributed by atoms with Crippen LogP contribution in [0.4, 0.5) is 8.78 Å². The summed E-state index contributed by atoms with van der Waals surface area (Å²) >= 11 is -0.635. The number of alkyl halides is 2. The summed E-state index contributed by atoms with van der Waals surface area (Å²) in [6.07, 6.45) is 0. The molecule has 0 fully saturated rings. The molecule has 4 heteroatoms. The first kappa shape index (κ1) is 14.0. The van der Waals surface area contributed by atoms with Gasteiger partial charge in [0, 0.05) is 0 Å². The maximum atomic E-state index is 12.0. The van der Waals surface area contributed by atoms with Crippen LogP contribution < -0.4 is 4.74 Å². The zero-order valence-electron chi connectivity index (χ0n) is 10.3. The van der Waals surface area contributed by atoms with Crippen molar-refractivity contribution in [2.75, 3.05) is 6.61 Å². The average Bonchev–Trinajstić information content (AvgIpc) is 2.45. The van der Waals surface area contributed by atoms with Crippen LogP contribution in [-0.4, -0.2) is 26.9 Å². The van der Waals surface area contributed by atoms with Crippen LogP contribution in [0.15, 0.2) is 54.6 Å². The van der Waals surface area contributed by atoms with Gasteiger partial charge >= 0.3 is 117 Å². The number of benzene rings is 2. The van der Waals surface area contributed by atoms with Crippen LogP contribution in [0.1, 0.15) is 0 Å². The number of hydrogen-bond acceptors (Lipinski definition) is 1. The van der Waals surface area contributed by atoms with Crippen molar-refractivity contribution >= 4 is 15.0 Å². The summed E-state index contributed by atoms with van der Waals surface area (Å²) in [5.41, 5.74) is 2.26. The van der Waals surface area contributed by atoms with E-state index in [1.807, 2.05) is 54.6 Å². The number of rotatable bonds is 6. The number of ether oxygens (including phenoxy) is 1. The fraction of sp³-hybridized carbons (Fsp3) is 0.200. The van der Waals surface area contributed by atoms with Gasteiger partial charge in [-0.3, -0.25) is 0 Å². The summed E-state index contributed by atoms with van der Waals surface area (Å²) in [7, 11) is 0. The first-order valence-corrected chi connectivity index (χ1v) is 8.14. The van der Waals surface area contributed by atoms with Crippen LogP contribution >= 0.6 is 0 Å². The van der Waals surface area contributed by atoms with Crippen molar-refractivity contribution in [3.8, 4) is 16.9 Å². The molecule has 0 saturated heterocycles. The van der Waals surface area contributed by atoms with Crippen molar-refractivity contribution in [1.29, 1.82) is 0 Å². The molecule has 100 valence electrons. The monoisotopic (exact) mass is 328 g/mol. The van der Waals surface area contributed by atoms with Gasteiger partial charge in [-0.1, -0.05) is 0 Å². The Bertz CT molecular complexity index is 485. The molecular weight excluding hydrogens is 313 g/mol. The minimum absolute atomic E-state index is 0.356. The molecule has 1 nitrogen and oxygen atoms in total. The standard InChI is InChI=1S/C15H14F2OSe/c16-15(17)19-11-10-18-14-8-6-13(7-9-14)12-4-2-1-3-5-12/h1-9,15H,10-11H2. The fourth-order valence-corrected chi connectivity index (χ4v) is 2.42. The summed E-state index contributed by atoms with van der Waals surface area (Å²) in [6, 6.07) is 17.7. The van der Waals surface area contributed by atoms with E-state index in [-0.39, 0.29) is 0 Å². The second kappa shape index (κ2) is 7.27. The van der Waals surface area contributed by atoms with Gasteiger partial charge < -0.3 is 0 Å². The average molecular weight is 327 g/mol. The molecule has 0 aliphatic rings. The Labute approximate surface area is 117 Å². The molecule has 19 heavy (non-hydrogen) atoms. The van der Waals surface area contributed by atoms with E-state index in [1.165, 1.54) is 0 Å².